The Hall–Kier alpha value is -2.19. The zero-order valence-corrected chi connectivity index (χ0v) is 14.4. The Bertz CT molecular complexity index is 823. The number of rotatable bonds is 4. The lowest BCUT2D eigenvalue weighted by Gasteiger charge is -2.30. The minimum Gasteiger partial charge on any atom is -0.340 e. The summed E-state index contributed by atoms with van der Waals surface area (Å²) in [6.07, 6.45) is 5.19. The number of hydrogen-bond donors (Lipinski definition) is 3. The summed E-state index contributed by atoms with van der Waals surface area (Å²) in [5.74, 6) is 1.31. The smallest absolute Gasteiger partial charge is 0.227 e. The number of benzene rings is 1. The molecular weight excluding hydrogens is 324 g/mol. The van der Waals surface area contributed by atoms with Crippen molar-refractivity contribution in [2.45, 2.75) is 23.8 Å². The van der Waals surface area contributed by atoms with Crippen molar-refractivity contribution in [3.8, 4) is 0 Å². The summed E-state index contributed by atoms with van der Waals surface area (Å²) >= 11 is 0. The minimum absolute atomic E-state index is 0.158. The molecule has 1 fully saturated rings. The van der Waals surface area contributed by atoms with Crippen LogP contribution in [0.4, 0.5) is 17.5 Å². The molecule has 128 valence electrons. The van der Waals surface area contributed by atoms with Crippen LogP contribution < -0.4 is 16.0 Å². The summed E-state index contributed by atoms with van der Waals surface area (Å²) in [7, 11) is -2.74. The number of nitrogens with zero attached hydrogens (tertiary/aromatic N) is 3. The van der Waals surface area contributed by atoms with Gasteiger partial charge in [0.1, 0.15) is 5.82 Å². The van der Waals surface area contributed by atoms with Crippen LogP contribution in [-0.4, -0.2) is 39.6 Å². The van der Waals surface area contributed by atoms with Gasteiger partial charge in [-0.2, -0.15) is 4.98 Å². The highest BCUT2D eigenvalue weighted by molar-refractivity contribution is 7.91. The summed E-state index contributed by atoms with van der Waals surface area (Å²) in [5, 5.41) is 3.19. The number of nitrogens with two attached hydrogens (primary N) is 1. The van der Waals surface area contributed by atoms with E-state index in [1.54, 1.807) is 30.5 Å². The van der Waals surface area contributed by atoms with Crippen molar-refractivity contribution in [2.75, 3.05) is 29.6 Å². The van der Waals surface area contributed by atoms with Gasteiger partial charge in [-0.1, -0.05) is 6.07 Å². The van der Waals surface area contributed by atoms with E-state index in [0.29, 0.717) is 16.7 Å². The molecule has 1 saturated heterocycles. The second kappa shape index (κ2) is 6.74. The summed E-state index contributed by atoms with van der Waals surface area (Å²) in [6, 6.07) is 8.98. The first kappa shape index (κ1) is 16.7. The molecule has 3 rings (SSSR count). The van der Waals surface area contributed by atoms with Crippen molar-refractivity contribution < 1.29 is 4.21 Å². The molecule has 2 aromatic rings. The van der Waals surface area contributed by atoms with Crippen LogP contribution in [0, 0.1) is 4.78 Å². The molecule has 2 heterocycles. The van der Waals surface area contributed by atoms with E-state index in [1.165, 1.54) is 6.26 Å². The van der Waals surface area contributed by atoms with E-state index < -0.39 is 9.73 Å². The summed E-state index contributed by atoms with van der Waals surface area (Å²) in [4.78, 5) is 11.5. The fourth-order valence-corrected chi connectivity index (χ4v) is 3.42. The van der Waals surface area contributed by atoms with Crippen LogP contribution in [0.15, 0.2) is 41.4 Å². The van der Waals surface area contributed by atoms with E-state index in [9.17, 15) is 4.21 Å². The van der Waals surface area contributed by atoms with E-state index >= 15 is 0 Å². The van der Waals surface area contributed by atoms with Crippen LogP contribution in [0.25, 0.3) is 0 Å². The Morgan fingerprint density at radius 1 is 1.42 bits per heavy atom. The van der Waals surface area contributed by atoms with Crippen molar-refractivity contribution >= 4 is 27.2 Å². The average Bonchev–Trinajstić information content (AvgIpc) is 2.55. The molecule has 7 nitrogen and oxygen atoms in total. The van der Waals surface area contributed by atoms with Gasteiger partial charge in [-0.15, -0.1) is 0 Å². The predicted molar refractivity (Wildman–Crippen MR) is 96.2 cm³/mol. The lowest BCUT2D eigenvalue weighted by atomic mass is 10.1. The molecule has 1 aliphatic rings. The maximum Gasteiger partial charge on any atom is 0.227 e. The Kier molecular flexibility index (Phi) is 4.68. The largest absolute Gasteiger partial charge is 0.340 e. The Morgan fingerprint density at radius 3 is 3.00 bits per heavy atom. The molecule has 4 N–H and O–H groups in total. The van der Waals surface area contributed by atoms with E-state index in [2.05, 4.69) is 20.2 Å². The third-order valence-electron chi connectivity index (χ3n) is 3.94. The fraction of sp³-hybridized carbons (Fsp3) is 0.375. The number of anilines is 3. The third kappa shape index (κ3) is 4.01. The van der Waals surface area contributed by atoms with E-state index in [0.717, 1.165) is 31.6 Å². The van der Waals surface area contributed by atoms with Crippen molar-refractivity contribution in [1.82, 2.24) is 9.97 Å². The molecule has 0 aliphatic carbocycles. The van der Waals surface area contributed by atoms with Crippen LogP contribution in [0.2, 0.25) is 0 Å². The van der Waals surface area contributed by atoms with Crippen molar-refractivity contribution in [1.29, 1.82) is 4.78 Å². The van der Waals surface area contributed by atoms with Gasteiger partial charge >= 0.3 is 0 Å². The number of nitrogens with one attached hydrogen (secondary N) is 2. The number of aromatic nitrogens is 2. The molecule has 1 unspecified atom stereocenters. The van der Waals surface area contributed by atoms with Crippen molar-refractivity contribution in [2.24, 2.45) is 5.73 Å². The van der Waals surface area contributed by atoms with E-state index in [4.69, 9.17) is 10.5 Å². The van der Waals surface area contributed by atoms with Crippen LogP contribution >= 0.6 is 0 Å². The molecule has 0 bridgehead atoms. The van der Waals surface area contributed by atoms with Gasteiger partial charge in [-0.05, 0) is 37.1 Å². The molecule has 1 aromatic carbocycles. The van der Waals surface area contributed by atoms with Gasteiger partial charge in [0, 0.05) is 42.2 Å². The Labute approximate surface area is 142 Å². The quantitative estimate of drug-likeness (QED) is 0.783. The van der Waals surface area contributed by atoms with E-state index in [-0.39, 0.29) is 6.04 Å². The zero-order valence-electron chi connectivity index (χ0n) is 13.6. The number of piperidine rings is 1. The summed E-state index contributed by atoms with van der Waals surface area (Å²) in [6.45, 7) is 1.67. The maximum atomic E-state index is 11.9. The molecule has 8 heteroatoms. The molecule has 1 aromatic heterocycles. The molecule has 0 amide bonds. The lowest BCUT2D eigenvalue weighted by Crippen LogP contribution is -2.43. The average molecular weight is 346 g/mol. The monoisotopic (exact) mass is 346 g/mol. The fourth-order valence-electron chi connectivity index (χ4n) is 2.73. The topological polar surface area (TPSA) is 108 Å². The molecule has 0 saturated carbocycles. The van der Waals surface area contributed by atoms with Gasteiger partial charge in [-0.25, -0.2) is 14.0 Å². The Balaban J connectivity index is 1.80. The van der Waals surface area contributed by atoms with Crippen molar-refractivity contribution in [3.05, 3.63) is 36.5 Å². The first-order chi connectivity index (χ1) is 11.4. The zero-order chi connectivity index (χ0) is 17.2. The molecule has 0 radical (unpaired) electrons. The minimum atomic E-state index is -2.74. The maximum absolute atomic E-state index is 11.9. The highest BCUT2D eigenvalue weighted by atomic mass is 32.2. The number of hydrogen-bond acceptors (Lipinski definition) is 7. The van der Waals surface area contributed by atoms with Gasteiger partial charge in [0.15, 0.2) is 0 Å². The second-order valence-electron chi connectivity index (χ2n) is 6.09. The van der Waals surface area contributed by atoms with E-state index in [1.807, 2.05) is 6.07 Å². The molecule has 1 aliphatic heterocycles. The van der Waals surface area contributed by atoms with Crippen LogP contribution in [-0.2, 0) is 9.73 Å². The second-order valence-corrected chi connectivity index (χ2v) is 8.25. The van der Waals surface area contributed by atoms with Gasteiger partial charge in [0.2, 0.25) is 5.95 Å². The summed E-state index contributed by atoms with van der Waals surface area (Å²) < 4.78 is 19.6. The Morgan fingerprint density at radius 2 is 2.25 bits per heavy atom. The first-order valence-corrected chi connectivity index (χ1v) is 9.83. The molecular formula is C16H22N6OS. The van der Waals surface area contributed by atoms with Gasteiger partial charge in [0.25, 0.3) is 0 Å². The summed E-state index contributed by atoms with van der Waals surface area (Å²) in [5.41, 5.74) is 6.77. The molecule has 24 heavy (non-hydrogen) atoms. The third-order valence-corrected chi connectivity index (χ3v) is 5.09. The van der Waals surface area contributed by atoms with Gasteiger partial charge in [0.05, 0.1) is 9.73 Å². The predicted octanol–water partition coefficient (Wildman–Crippen LogP) is 2.18. The molecule has 0 spiro atoms. The van der Waals surface area contributed by atoms with Crippen LogP contribution in [0.5, 0.6) is 0 Å². The highest BCUT2D eigenvalue weighted by Gasteiger charge is 2.19. The van der Waals surface area contributed by atoms with Gasteiger partial charge in [-0.3, -0.25) is 0 Å². The van der Waals surface area contributed by atoms with Crippen molar-refractivity contribution in [3.63, 3.8) is 0 Å². The SMILES string of the molecule is CS(=N)(=O)c1cccc(Nc2ccnc(N3CCC[C@H](N)C3)n2)c1. The molecule has 2 atom stereocenters. The van der Waals surface area contributed by atoms with Crippen LogP contribution in [0.1, 0.15) is 12.8 Å². The standard InChI is InChI=1S/C16H22N6OS/c1-24(18,23)14-6-2-5-13(10-14)20-15-7-8-19-16(21-15)22-9-3-4-12(17)11-22/h2,5-8,10,12,18H,3-4,9,11,17H2,1H3,(H,19,20,21)/t12-,24?/m0/s1. The highest BCUT2D eigenvalue weighted by Crippen LogP contribution is 2.21. The van der Waals surface area contributed by atoms with Crippen LogP contribution in [0.3, 0.4) is 0 Å². The first-order valence-electron chi connectivity index (χ1n) is 7.86. The normalized spacial score (nSPS) is 20.4. The van der Waals surface area contributed by atoms with Gasteiger partial charge < -0.3 is 16.0 Å². The lowest BCUT2D eigenvalue weighted by molar-refractivity contribution is 0.500.